The van der Waals surface area contributed by atoms with E-state index in [9.17, 15) is 0 Å². The maximum Gasteiger partial charge on any atom is 0.0259 e. The van der Waals surface area contributed by atoms with E-state index in [1.807, 2.05) is 6.20 Å². The third-order valence-corrected chi connectivity index (χ3v) is 2.46. The van der Waals surface area contributed by atoms with Crippen LogP contribution in [0.1, 0.15) is 48.5 Å². The number of aliphatic imine (C=N–C) groups is 1. The second kappa shape index (κ2) is 4.59. The van der Waals surface area contributed by atoms with Crippen molar-refractivity contribution in [2.24, 2.45) is 16.3 Å². The summed E-state index contributed by atoms with van der Waals surface area (Å²) in [6.07, 6.45) is 1.99. The molecule has 0 unspecified atom stereocenters. The van der Waals surface area contributed by atoms with Crippen molar-refractivity contribution in [3.05, 3.63) is 11.8 Å². The lowest BCUT2D eigenvalue weighted by molar-refractivity contribution is 0.587. The van der Waals surface area contributed by atoms with Crippen molar-refractivity contribution >= 4 is 5.71 Å². The Labute approximate surface area is 83.0 Å². The Morgan fingerprint density at radius 2 is 1.62 bits per heavy atom. The van der Waals surface area contributed by atoms with Crippen LogP contribution in [0, 0.1) is 11.3 Å². The SMILES string of the molecule is C/C(=C\N=C(/C)C(C)(C)C)C(C)C. The summed E-state index contributed by atoms with van der Waals surface area (Å²) >= 11 is 0. The highest BCUT2D eigenvalue weighted by atomic mass is 14.7. The summed E-state index contributed by atoms with van der Waals surface area (Å²) in [4.78, 5) is 4.47. The number of hydrogen-bond acceptors (Lipinski definition) is 1. The number of hydrogen-bond donors (Lipinski definition) is 0. The maximum atomic E-state index is 4.47. The highest BCUT2D eigenvalue weighted by molar-refractivity contribution is 5.87. The molecule has 1 nitrogen and oxygen atoms in total. The van der Waals surface area contributed by atoms with E-state index in [0.717, 1.165) is 0 Å². The van der Waals surface area contributed by atoms with Crippen molar-refractivity contribution in [2.45, 2.75) is 48.5 Å². The predicted molar refractivity (Wildman–Crippen MR) is 61.2 cm³/mol. The Balaban J connectivity index is 4.52. The lowest BCUT2D eigenvalue weighted by atomic mass is 9.91. The molecule has 13 heavy (non-hydrogen) atoms. The molecule has 1 heteroatoms. The molecule has 0 aliphatic carbocycles. The van der Waals surface area contributed by atoms with E-state index >= 15 is 0 Å². The van der Waals surface area contributed by atoms with Gasteiger partial charge in [-0.05, 0) is 25.2 Å². The van der Waals surface area contributed by atoms with Gasteiger partial charge in [0, 0.05) is 11.9 Å². The lowest BCUT2D eigenvalue weighted by Gasteiger charge is -2.17. The molecule has 0 aliphatic heterocycles. The van der Waals surface area contributed by atoms with Crippen molar-refractivity contribution in [1.82, 2.24) is 0 Å². The molecule has 0 aromatic heterocycles. The molecule has 0 N–H and O–H groups in total. The van der Waals surface area contributed by atoms with Gasteiger partial charge in [0.2, 0.25) is 0 Å². The smallest absolute Gasteiger partial charge is 0.0259 e. The first-order valence-corrected chi connectivity index (χ1v) is 4.96. The fourth-order valence-electron chi connectivity index (χ4n) is 0.541. The first kappa shape index (κ1) is 12.4. The van der Waals surface area contributed by atoms with Gasteiger partial charge >= 0.3 is 0 Å². The summed E-state index contributed by atoms with van der Waals surface area (Å²) in [7, 11) is 0. The Bertz CT molecular complexity index is 214. The summed E-state index contributed by atoms with van der Waals surface area (Å²) in [5, 5.41) is 0. The highest BCUT2D eigenvalue weighted by Gasteiger charge is 2.13. The Morgan fingerprint density at radius 3 is 1.92 bits per heavy atom. The maximum absolute atomic E-state index is 4.47. The summed E-state index contributed by atoms with van der Waals surface area (Å²) in [5.41, 5.74) is 2.71. The van der Waals surface area contributed by atoms with E-state index in [2.05, 4.69) is 53.5 Å². The first-order chi connectivity index (χ1) is 5.75. The minimum Gasteiger partial charge on any atom is -0.265 e. The van der Waals surface area contributed by atoms with Crippen LogP contribution in [0.3, 0.4) is 0 Å². The molecule has 0 aromatic carbocycles. The lowest BCUT2D eigenvalue weighted by Crippen LogP contribution is -2.16. The van der Waals surface area contributed by atoms with Crippen molar-refractivity contribution in [2.75, 3.05) is 0 Å². The van der Waals surface area contributed by atoms with Gasteiger partial charge in [-0.1, -0.05) is 40.2 Å². The van der Waals surface area contributed by atoms with Crippen LogP contribution >= 0.6 is 0 Å². The summed E-state index contributed by atoms with van der Waals surface area (Å²) in [5.74, 6) is 0.594. The summed E-state index contributed by atoms with van der Waals surface area (Å²) in [6.45, 7) is 15.1. The van der Waals surface area contributed by atoms with Crippen LogP contribution in [0.2, 0.25) is 0 Å². The minimum absolute atomic E-state index is 0.188. The number of nitrogens with zero attached hydrogens (tertiary/aromatic N) is 1. The van der Waals surface area contributed by atoms with Gasteiger partial charge in [-0.15, -0.1) is 0 Å². The second-order valence-electron chi connectivity index (χ2n) is 4.99. The molecule has 0 fully saturated rings. The van der Waals surface area contributed by atoms with Crippen LogP contribution in [-0.4, -0.2) is 5.71 Å². The molecular formula is C12H23N. The molecule has 0 bridgehead atoms. The Kier molecular flexibility index (Phi) is 4.38. The van der Waals surface area contributed by atoms with Crippen LogP contribution in [0.5, 0.6) is 0 Å². The summed E-state index contributed by atoms with van der Waals surface area (Å²) in [6, 6.07) is 0. The van der Waals surface area contributed by atoms with Crippen LogP contribution in [0.25, 0.3) is 0 Å². The molecular weight excluding hydrogens is 158 g/mol. The standard InChI is InChI=1S/C12H23N/c1-9(2)10(3)8-13-11(4)12(5,6)7/h8-9H,1-7H3/b10-8+,13-11+. The van der Waals surface area contributed by atoms with Gasteiger partial charge in [-0.2, -0.15) is 0 Å². The molecule has 0 saturated heterocycles. The molecule has 0 heterocycles. The average molecular weight is 181 g/mol. The predicted octanol–water partition coefficient (Wildman–Crippen LogP) is 4.05. The topological polar surface area (TPSA) is 12.4 Å². The highest BCUT2D eigenvalue weighted by Crippen LogP contribution is 2.16. The fraction of sp³-hybridized carbons (Fsp3) is 0.750. The quantitative estimate of drug-likeness (QED) is 0.570. The van der Waals surface area contributed by atoms with E-state index in [-0.39, 0.29) is 5.41 Å². The van der Waals surface area contributed by atoms with Gasteiger partial charge in [0.15, 0.2) is 0 Å². The monoisotopic (exact) mass is 181 g/mol. The largest absolute Gasteiger partial charge is 0.265 e. The van der Waals surface area contributed by atoms with Gasteiger partial charge in [-0.25, -0.2) is 0 Å². The van der Waals surface area contributed by atoms with E-state index in [1.54, 1.807) is 0 Å². The van der Waals surface area contributed by atoms with E-state index in [0.29, 0.717) is 5.92 Å². The third kappa shape index (κ3) is 4.87. The zero-order valence-corrected chi connectivity index (χ0v) is 10.1. The van der Waals surface area contributed by atoms with E-state index in [4.69, 9.17) is 0 Å². The molecule has 0 spiro atoms. The van der Waals surface area contributed by atoms with Gasteiger partial charge in [0.1, 0.15) is 0 Å². The van der Waals surface area contributed by atoms with Crippen molar-refractivity contribution < 1.29 is 0 Å². The van der Waals surface area contributed by atoms with Crippen LogP contribution in [-0.2, 0) is 0 Å². The van der Waals surface area contributed by atoms with Crippen LogP contribution in [0.4, 0.5) is 0 Å². The van der Waals surface area contributed by atoms with Gasteiger partial charge in [0.25, 0.3) is 0 Å². The van der Waals surface area contributed by atoms with Crippen molar-refractivity contribution in [3.8, 4) is 0 Å². The molecule has 76 valence electrons. The zero-order valence-electron chi connectivity index (χ0n) is 10.1. The molecule has 0 rings (SSSR count). The minimum atomic E-state index is 0.188. The van der Waals surface area contributed by atoms with E-state index in [1.165, 1.54) is 11.3 Å². The first-order valence-electron chi connectivity index (χ1n) is 4.96. The number of allylic oxidation sites excluding steroid dienone is 1. The molecule has 0 aliphatic rings. The molecule has 0 aromatic rings. The number of rotatable bonds is 2. The van der Waals surface area contributed by atoms with E-state index < -0.39 is 0 Å². The molecule has 0 radical (unpaired) electrons. The second-order valence-corrected chi connectivity index (χ2v) is 4.99. The average Bonchev–Trinajstić information content (AvgIpc) is 1.97. The van der Waals surface area contributed by atoms with Gasteiger partial charge in [0.05, 0.1) is 0 Å². The molecule has 0 amide bonds. The Hall–Kier alpha value is -0.590. The normalized spacial score (nSPS) is 15.4. The summed E-state index contributed by atoms with van der Waals surface area (Å²) < 4.78 is 0. The Morgan fingerprint density at radius 1 is 1.15 bits per heavy atom. The van der Waals surface area contributed by atoms with Gasteiger partial charge < -0.3 is 0 Å². The molecule has 0 atom stereocenters. The van der Waals surface area contributed by atoms with Gasteiger partial charge in [-0.3, -0.25) is 4.99 Å². The fourth-order valence-corrected chi connectivity index (χ4v) is 0.541. The van der Waals surface area contributed by atoms with Crippen LogP contribution in [0.15, 0.2) is 16.8 Å². The molecule has 0 saturated carbocycles. The zero-order chi connectivity index (χ0) is 10.6. The van der Waals surface area contributed by atoms with Crippen molar-refractivity contribution in [3.63, 3.8) is 0 Å². The third-order valence-electron chi connectivity index (χ3n) is 2.46. The van der Waals surface area contributed by atoms with Crippen molar-refractivity contribution in [1.29, 1.82) is 0 Å². The van der Waals surface area contributed by atoms with Crippen LogP contribution < -0.4 is 0 Å².